The average molecular weight is 406 g/mol. The molecule has 0 saturated heterocycles. The summed E-state index contributed by atoms with van der Waals surface area (Å²) < 4.78 is 15.9. The largest absolute Gasteiger partial charge is 0.497 e. The van der Waals surface area contributed by atoms with Crippen molar-refractivity contribution < 1.29 is 23.5 Å². The van der Waals surface area contributed by atoms with Gasteiger partial charge >= 0.3 is 0 Å². The van der Waals surface area contributed by atoms with E-state index in [1.165, 1.54) is 6.26 Å². The lowest BCUT2D eigenvalue weighted by Crippen LogP contribution is -2.35. The fourth-order valence-electron chi connectivity index (χ4n) is 3.44. The predicted octanol–water partition coefficient (Wildman–Crippen LogP) is 3.90. The molecular formula is C23H22N2O5. The van der Waals surface area contributed by atoms with E-state index >= 15 is 0 Å². The third-order valence-corrected chi connectivity index (χ3v) is 4.89. The van der Waals surface area contributed by atoms with Gasteiger partial charge in [0.1, 0.15) is 11.5 Å². The maximum absolute atomic E-state index is 12.7. The lowest BCUT2D eigenvalue weighted by molar-refractivity contribution is -0.118. The van der Waals surface area contributed by atoms with Crippen molar-refractivity contribution in [2.24, 2.45) is 0 Å². The van der Waals surface area contributed by atoms with Gasteiger partial charge in [-0.25, -0.2) is 0 Å². The first-order valence-electron chi connectivity index (χ1n) is 9.69. The van der Waals surface area contributed by atoms with Gasteiger partial charge in [0.15, 0.2) is 12.4 Å². The van der Waals surface area contributed by atoms with Crippen LogP contribution in [-0.4, -0.2) is 32.1 Å². The Kier molecular flexibility index (Phi) is 5.70. The Balaban J connectivity index is 1.39. The van der Waals surface area contributed by atoms with E-state index in [1.54, 1.807) is 54.5 Å². The van der Waals surface area contributed by atoms with Crippen LogP contribution in [0, 0.1) is 0 Å². The quantitative estimate of drug-likeness (QED) is 0.672. The molecule has 1 aliphatic rings. The van der Waals surface area contributed by atoms with Crippen molar-refractivity contribution in [1.82, 2.24) is 0 Å². The van der Waals surface area contributed by atoms with Crippen LogP contribution < -0.4 is 19.7 Å². The number of methoxy groups -OCH3 is 1. The number of ether oxygens (including phenoxy) is 2. The van der Waals surface area contributed by atoms with Crippen molar-refractivity contribution in [2.75, 3.05) is 30.5 Å². The molecule has 0 saturated carbocycles. The van der Waals surface area contributed by atoms with E-state index in [-0.39, 0.29) is 18.4 Å². The molecule has 7 nitrogen and oxygen atoms in total. The van der Waals surface area contributed by atoms with Gasteiger partial charge in [0, 0.05) is 17.9 Å². The van der Waals surface area contributed by atoms with Gasteiger partial charge in [0.2, 0.25) is 0 Å². The molecule has 1 N–H and O–H groups in total. The van der Waals surface area contributed by atoms with E-state index in [1.807, 2.05) is 12.1 Å². The minimum atomic E-state index is -0.259. The van der Waals surface area contributed by atoms with Gasteiger partial charge in [0.25, 0.3) is 11.8 Å². The number of furan rings is 1. The summed E-state index contributed by atoms with van der Waals surface area (Å²) in [6.45, 7) is 0.528. The Morgan fingerprint density at radius 3 is 2.63 bits per heavy atom. The molecule has 0 fully saturated rings. The van der Waals surface area contributed by atoms with Gasteiger partial charge in [-0.3, -0.25) is 9.59 Å². The van der Waals surface area contributed by atoms with Gasteiger partial charge in [-0.15, -0.1) is 0 Å². The molecule has 0 atom stereocenters. The summed E-state index contributed by atoms with van der Waals surface area (Å²) in [5.74, 6) is 1.20. The molecule has 3 aromatic rings. The zero-order valence-electron chi connectivity index (χ0n) is 16.6. The maximum Gasteiger partial charge on any atom is 0.293 e. The van der Waals surface area contributed by atoms with Crippen molar-refractivity contribution in [3.63, 3.8) is 0 Å². The highest BCUT2D eigenvalue weighted by atomic mass is 16.5. The van der Waals surface area contributed by atoms with Gasteiger partial charge < -0.3 is 24.1 Å². The van der Waals surface area contributed by atoms with Crippen LogP contribution in [0.25, 0.3) is 0 Å². The van der Waals surface area contributed by atoms with Crippen LogP contribution in [0.2, 0.25) is 0 Å². The SMILES string of the molecule is COc1ccc(OCC(=O)Nc2ccc3c(c2)CCCN3C(=O)c2ccco2)cc1. The number of nitrogens with zero attached hydrogens (tertiary/aromatic N) is 1. The first-order chi connectivity index (χ1) is 14.6. The van der Waals surface area contributed by atoms with Crippen molar-refractivity contribution in [3.8, 4) is 11.5 Å². The number of hydrogen-bond acceptors (Lipinski definition) is 5. The molecule has 0 aliphatic carbocycles. The molecule has 4 rings (SSSR count). The highest BCUT2D eigenvalue weighted by molar-refractivity contribution is 6.05. The topological polar surface area (TPSA) is 81.0 Å². The van der Waals surface area contributed by atoms with E-state index in [2.05, 4.69) is 5.32 Å². The summed E-state index contributed by atoms with van der Waals surface area (Å²) in [6.07, 6.45) is 3.17. The highest BCUT2D eigenvalue weighted by Gasteiger charge is 2.25. The van der Waals surface area contributed by atoms with Crippen LogP contribution in [0.1, 0.15) is 22.5 Å². The molecule has 2 amide bonds. The number of anilines is 2. The normalized spacial score (nSPS) is 12.8. The first-order valence-corrected chi connectivity index (χ1v) is 9.69. The van der Waals surface area contributed by atoms with Crippen molar-refractivity contribution in [3.05, 3.63) is 72.2 Å². The second-order valence-corrected chi connectivity index (χ2v) is 6.89. The summed E-state index contributed by atoms with van der Waals surface area (Å²) in [5.41, 5.74) is 2.52. The molecular weight excluding hydrogens is 384 g/mol. The lowest BCUT2D eigenvalue weighted by Gasteiger charge is -2.29. The predicted molar refractivity (Wildman–Crippen MR) is 112 cm³/mol. The molecule has 30 heavy (non-hydrogen) atoms. The highest BCUT2D eigenvalue weighted by Crippen LogP contribution is 2.31. The van der Waals surface area contributed by atoms with Crippen LogP contribution in [0.15, 0.2) is 65.3 Å². The van der Waals surface area contributed by atoms with Crippen molar-refractivity contribution >= 4 is 23.2 Å². The molecule has 7 heteroatoms. The van der Waals surface area contributed by atoms with Gasteiger partial charge in [0.05, 0.1) is 13.4 Å². The number of nitrogens with one attached hydrogen (secondary N) is 1. The van der Waals surface area contributed by atoms with Crippen LogP contribution in [0.5, 0.6) is 11.5 Å². The van der Waals surface area contributed by atoms with Crippen LogP contribution >= 0.6 is 0 Å². The van der Waals surface area contributed by atoms with Crippen molar-refractivity contribution in [1.29, 1.82) is 0 Å². The molecule has 2 heterocycles. The number of rotatable bonds is 6. The first kappa shape index (κ1) is 19.6. The standard InChI is InChI=1S/C23H22N2O5/c1-28-18-7-9-19(10-8-18)30-15-22(26)24-17-6-11-20-16(14-17)4-2-12-25(20)23(27)21-5-3-13-29-21/h3,5-11,13-14H,2,4,12,15H2,1H3,(H,24,26). The third kappa shape index (κ3) is 4.30. The fourth-order valence-corrected chi connectivity index (χ4v) is 3.44. The average Bonchev–Trinajstić information content (AvgIpc) is 3.32. The van der Waals surface area contributed by atoms with Crippen LogP contribution in [-0.2, 0) is 11.2 Å². The minimum absolute atomic E-state index is 0.105. The molecule has 154 valence electrons. The molecule has 1 aliphatic heterocycles. The molecule has 0 bridgehead atoms. The number of carbonyl (C=O) groups is 2. The van der Waals surface area contributed by atoms with Crippen LogP contribution in [0.4, 0.5) is 11.4 Å². The number of fused-ring (bicyclic) bond motifs is 1. The summed E-state index contributed by atoms with van der Waals surface area (Å²) in [7, 11) is 1.59. The molecule has 2 aromatic carbocycles. The Bertz CT molecular complexity index is 1030. The lowest BCUT2D eigenvalue weighted by atomic mass is 10.0. The molecule has 0 radical (unpaired) electrons. The Hall–Kier alpha value is -3.74. The van der Waals surface area contributed by atoms with E-state index in [0.29, 0.717) is 23.7 Å². The Morgan fingerprint density at radius 1 is 1.10 bits per heavy atom. The monoisotopic (exact) mass is 406 g/mol. The summed E-state index contributed by atoms with van der Waals surface area (Å²) in [6, 6.07) is 15.9. The number of aryl methyl sites for hydroxylation is 1. The van der Waals surface area contributed by atoms with Gasteiger partial charge in [-0.1, -0.05) is 0 Å². The second kappa shape index (κ2) is 8.73. The number of benzene rings is 2. The molecule has 0 spiro atoms. The zero-order valence-corrected chi connectivity index (χ0v) is 16.6. The van der Waals surface area contributed by atoms with E-state index < -0.39 is 0 Å². The Labute approximate surface area is 174 Å². The van der Waals surface area contributed by atoms with E-state index in [9.17, 15) is 9.59 Å². The second-order valence-electron chi connectivity index (χ2n) is 6.89. The summed E-state index contributed by atoms with van der Waals surface area (Å²) >= 11 is 0. The van der Waals surface area contributed by atoms with Gasteiger partial charge in [-0.05, 0) is 73.0 Å². The minimum Gasteiger partial charge on any atom is -0.497 e. The summed E-state index contributed by atoms with van der Waals surface area (Å²) in [5, 5.41) is 2.85. The molecule has 1 aromatic heterocycles. The van der Waals surface area contributed by atoms with E-state index in [4.69, 9.17) is 13.9 Å². The zero-order chi connectivity index (χ0) is 20.9. The summed E-state index contributed by atoms with van der Waals surface area (Å²) in [4.78, 5) is 26.7. The third-order valence-electron chi connectivity index (χ3n) is 4.89. The Morgan fingerprint density at radius 2 is 1.90 bits per heavy atom. The number of carbonyl (C=O) groups excluding carboxylic acids is 2. The maximum atomic E-state index is 12.7. The number of hydrogen-bond donors (Lipinski definition) is 1. The molecule has 0 unspecified atom stereocenters. The van der Waals surface area contributed by atoms with Crippen molar-refractivity contribution in [2.45, 2.75) is 12.8 Å². The smallest absolute Gasteiger partial charge is 0.293 e. The fraction of sp³-hybridized carbons (Fsp3) is 0.217. The van der Waals surface area contributed by atoms with E-state index in [0.717, 1.165) is 29.8 Å². The van der Waals surface area contributed by atoms with Crippen LogP contribution in [0.3, 0.4) is 0 Å². The number of amides is 2. The van der Waals surface area contributed by atoms with Gasteiger partial charge in [-0.2, -0.15) is 0 Å².